The summed E-state index contributed by atoms with van der Waals surface area (Å²) in [5.41, 5.74) is 11.9. The fourth-order valence-electron chi connectivity index (χ4n) is 3.12. The van der Waals surface area contributed by atoms with Gasteiger partial charge in [-0.3, -0.25) is 9.59 Å². The van der Waals surface area contributed by atoms with Gasteiger partial charge in [-0.25, -0.2) is 0 Å². The smallest absolute Gasteiger partial charge is 0.252 e. The van der Waals surface area contributed by atoms with Gasteiger partial charge in [0.15, 0.2) is 0 Å². The highest BCUT2D eigenvalue weighted by Gasteiger charge is 2.16. The largest absolute Gasteiger partial charge is 0.352 e. The summed E-state index contributed by atoms with van der Waals surface area (Å²) in [7, 11) is 4.10. The number of nitrogens with one attached hydrogen (secondary N) is 2. The van der Waals surface area contributed by atoms with Gasteiger partial charge in [0, 0.05) is 13.1 Å². The van der Waals surface area contributed by atoms with E-state index in [1.807, 2.05) is 14.1 Å². The lowest BCUT2D eigenvalue weighted by molar-refractivity contribution is 0.0917. The highest BCUT2D eigenvalue weighted by Crippen LogP contribution is 2.09. The second-order valence-corrected chi connectivity index (χ2v) is 7.66. The van der Waals surface area contributed by atoms with E-state index < -0.39 is 0 Å². The van der Waals surface area contributed by atoms with E-state index in [9.17, 15) is 9.59 Å². The van der Waals surface area contributed by atoms with Gasteiger partial charge in [-0.1, -0.05) is 12.1 Å². The number of nitrogens with zero attached hydrogens (tertiary/aromatic N) is 2. The zero-order valence-electron chi connectivity index (χ0n) is 18.7. The molecule has 1 aromatic rings. The number of carbonyl (C=O) groups is 2. The molecule has 0 aliphatic carbocycles. The third-order valence-electron chi connectivity index (χ3n) is 4.91. The van der Waals surface area contributed by atoms with E-state index >= 15 is 0 Å². The summed E-state index contributed by atoms with van der Waals surface area (Å²) in [6.45, 7) is 6.19. The zero-order valence-corrected chi connectivity index (χ0v) is 18.7. The number of rotatable bonds is 16. The van der Waals surface area contributed by atoms with Crippen LogP contribution in [0.25, 0.3) is 0 Å². The first-order valence-electron chi connectivity index (χ1n) is 10.9. The minimum Gasteiger partial charge on any atom is -0.352 e. The molecule has 1 rings (SSSR count). The summed E-state index contributed by atoms with van der Waals surface area (Å²) in [5, 5.41) is 5.84. The molecule has 0 aliphatic heterocycles. The van der Waals surface area contributed by atoms with E-state index in [0.29, 0.717) is 37.3 Å². The van der Waals surface area contributed by atoms with Crippen molar-refractivity contribution in [3.63, 3.8) is 0 Å². The van der Waals surface area contributed by atoms with Gasteiger partial charge < -0.3 is 31.9 Å². The standard InChI is InChI=1S/C22H40N6O2/c1-27(15-5-11-23)17-7-13-25-21(29)19-9-3-4-10-20(19)22(30)26-14-8-18-28(2)16-6-12-24/h3-4,9-10H,5-8,11-18,23-24H2,1-2H3,(H,25,29)(H,26,30). The van der Waals surface area contributed by atoms with Gasteiger partial charge in [-0.15, -0.1) is 0 Å². The topological polar surface area (TPSA) is 117 Å². The molecule has 30 heavy (non-hydrogen) atoms. The van der Waals surface area contributed by atoms with Crippen LogP contribution in [-0.2, 0) is 0 Å². The molecule has 8 nitrogen and oxygen atoms in total. The second-order valence-electron chi connectivity index (χ2n) is 7.66. The summed E-state index contributed by atoms with van der Waals surface area (Å²) in [6.07, 6.45) is 3.63. The van der Waals surface area contributed by atoms with Crippen molar-refractivity contribution in [3.05, 3.63) is 35.4 Å². The van der Waals surface area contributed by atoms with Crippen LogP contribution in [0.1, 0.15) is 46.4 Å². The molecule has 0 saturated carbocycles. The van der Waals surface area contributed by atoms with E-state index in [4.69, 9.17) is 11.5 Å². The predicted molar refractivity (Wildman–Crippen MR) is 123 cm³/mol. The number of amides is 2. The lowest BCUT2D eigenvalue weighted by atomic mass is 10.1. The van der Waals surface area contributed by atoms with Gasteiger partial charge in [0.1, 0.15) is 0 Å². The van der Waals surface area contributed by atoms with E-state index in [-0.39, 0.29) is 11.8 Å². The Hall–Kier alpha value is -2.00. The molecule has 0 aromatic heterocycles. The molecular weight excluding hydrogens is 380 g/mol. The van der Waals surface area contributed by atoms with Crippen molar-refractivity contribution in [2.24, 2.45) is 11.5 Å². The zero-order chi connectivity index (χ0) is 22.2. The molecular formula is C22H40N6O2. The summed E-state index contributed by atoms with van der Waals surface area (Å²) >= 11 is 0. The van der Waals surface area contributed by atoms with Crippen molar-refractivity contribution in [1.82, 2.24) is 20.4 Å². The number of hydrogen-bond acceptors (Lipinski definition) is 6. The first-order chi connectivity index (χ1) is 14.5. The Morgan fingerprint density at radius 1 is 0.733 bits per heavy atom. The van der Waals surface area contributed by atoms with Crippen LogP contribution < -0.4 is 22.1 Å². The molecule has 0 heterocycles. The van der Waals surface area contributed by atoms with Crippen LogP contribution in [0.15, 0.2) is 24.3 Å². The first-order valence-corrected chi connectivity index (χ1v) is 10.9. The molecule has 170 valence electrons. The van der Waals surface area contributed by atoms with Gasteiger partial charge in [0.2, 0.25) is 0 Å². The molecule has 0 fully saturated rings. The van der Waals surface area contributed by atoms with E-state index in [2.05, 4.69) is 20.4 Å². The van der Waals surface area contributed by atoms with Crippen LogP contribution in [0.5, 0.6) is 0 Å². The van der Waals surface area contributed by atoms with Crippen LogP contribution in [0.4, 0.5) is 0 Å². The Morgan fingerprint density at radius 3 is 1.47 bits per heavy atom. The van der Waals surface area contributed by atoms with Crippen molar-refractivity contribution in [1.29, 1.82) is 0 Å². The fraction of sp³-hybridized carbons (Fsp3) is 0.636. The Kier molecular flexibility index (Phi) is 13.7. The van der Waals surface area contributed by atoms with Crippen LogP contribution in [0.2, 0.25) is 0 Å². The maximum Gasteiger partial charge on any atom is 0.252 e. The molecule has 6 N–H and O–H groups in total. The molecule has 0 spiro atoms. The van der Waals surface area contributed by atoms with Crippen LogP contribution in [-0.4, -0.2) is 88.1 Å². The maximum atomic E-state index is 12.6. The summed E-state index contributed by atoms with van der Waals surface area (Å²) < 4.78 is 0. The van der Waals surface area contributed by atoms with Crippen molar-refractivity contribution >= 4 is 11.8 Å². The second kappa shape index (κ2) is 15.8. The molecule has 0 unspecified atom stereocenters. The van der Waals surface area contributed by atoms with Gasteiger partial charge in [0.25, 0.3) is 11.8 Å². The molecule has 0 radical (unpaired) electrons. The normalized spacial score (nSPS) is 11.1. The van der Waals surface area contributed by atoms with Crippen LogP contribution in [0.3, 0.4) is 0 Å². The molecule has 8 heteroatoms. The molecule has 0 aliphatic rings. The molecule has 0 saturated heterocycles. The Balaban J connectivity index is 2.42. The summed E-state index contributed by atoms with van der Waals surface area (Å²) in [4.78, 5) is 29.5. The van der Waals surface area contributed by atoms with Crippen molar-refractivity contribution in [2.75, 3.05) is 66.5 Å². The number of hydrogen-bond donors (Lipinski definition) is 4. The first kappa shape index (κ1) is 26.0. The van der Waals surface area contributed by atoms with Crippen molar-refractivity contribution in [3.8, 4) is 0 Å². The van der Waals surface area contributed by atoms with E-state index in [1.54, 1.807) is 24.3 Å². The quantitative estimate of drug-likeness (QED) is 0.289. The average molecular weight is 421 g/mol. The average Bonchev–Trinajstić information content (AvgIpc) is 2.76. The third kappa shape index (κ3) is 10.7. The molecule has 0 atom stereocenters. The third-order valence-corrected chi connectivity index (χ3v) is 4.91. The van der Waals surface area contributed by atoms with Crippen molar-refractivity contribution in [2.45, 2.75) is 25.7 Å². The lowest BCUT2D eigenvalue weighted by Crippen LogP contribution is -2.32. The molecule has 0 bridgehead atoms. The fourth-order valence-corrected chi connectivity index (χ4v) is 3.12. The predicted octanol–water partition coefficient (Wildman–Crippen LogP) is 0.488. The SMILES string of the molecule is CN(CCCN)CCCNC(=O)c1ccccc1C(=O)NCCCN(C)CCCN. The highest BCUT2D eigenvalue weighted by atomic mass is 16.2. The monoisotopic (exact) mass is 420 g/mol. The Labute approximate surface area is 181 Å². The molecule has 1 aromatic carbocycles. The van der Waals surface area contributed by atoms with E-state index in [1.165, 1.54) is 0 Å². The Morgan fingerprint density at radius 2 is 1.10 bits per heavy atom. The summed E-state index contributed by atoms with van der Waals surface area (Å²) in [5.74, 6) is -0.432. The van der Waals surface area contributed by atoms with Gasteiger partial charge >= 0.3 is 0 Å². The molecule has 2 amide bonds. The minimum atomic E-state index is -0.216. The number of nitrogens with two attached hydrogens (primary N) is 2. The Bertz CT molecular complexity index is 572. The maximum absolute atomic E-state index is 12.6. The number of carbonyl (C=O) groups excluding carboxylic acids is 2. The van der Waals surface area contributed by atoms with Gasteiger partial charge in [0.05, 0.1) is 11.1 Å². The minimum absolute atomic E-state index is 0.216. The van der Waals surface area contributed by atoms with E-state index in [0.717, 1.165) is 51.9 Å². The van der Waals surface area contributed by atoms with Gasteiger partial charge in [-0.05, 0) is 91.2 Å². The van der Waals surface area contributed by atoms with Crippen LogP contribution in [0, 0.1) is 0 Å². The highest BCUT2D eigenvalue weighted by molar-refractivity contribution is 6.07. The number of benzene rings is 1. The van der Waals surface area contributed by atoms with Crippen LogP contribution >= 0.6 is 0 Å². The van der Waals surface area contributed by atoms with Gasteiger partial charge in [-0.2, -0.15) is 0 Å². The van der Waals surface area contributed by atoms with Crippen molar-refractivity contribution < 1.29 is 9.59 Å². The summed E-state index contributed by atoms with van der Waals surface area (Å²) in [6, 6.07) is 6.94. The lowest BCUT2D eigenvalue weighted by Gasteiger charge is -2.17.